The summed E-state index contributed by atoms with van der Waals surface area (Å²) in [6.07, 6.45) is 7.15. The molecular weight excluding hydrogens is 390 g/mol. The van der Waals surface area contributed by atoms with Crippen LogP contribution < -0.4 is 0 Å². The summed E-state index contributed by atoms with van der Waals surface area (Å²) >= 11 is 0. The zero-order chi connectivity index (χ0) is 21.9. The molecular formula is C28H36F2O. The molecule has 0 aliphatic rings. The van der Waals surface area contributed by atoms with E-state index in [-0.39, 0.29) is 12.8 Å². The molecule has 0 aliphatic carbocycles. The molecule has 0 saturated carbocycles. The van der Waals surface area contributed by atoms with Crippen LogP contribution in [-0.2, 0) is 11.3 Å². The van der Waals surface area contributed by atoms with Crippen LogP contribution in [0.25, 0.3) is 21.5 Å². The smallest absolute Gasteiger partial charge is 0.248 e. The normalized spacial score (nSPS) is 12.1. The molecule has 0 saturated heterocycles. The predicted molar refractivity (Wildman–Crippen MR) is 128 cm³/mol. The first-order chi connectivity index (χ1) is 15.1. The Morgan fingerprint density at radius 2 is 1.35 bits per heavy atom. The molecule has 3 heteroatoms. The zero-order valence-electron chi connectivity index (χ0n) is 18.8. The highest BCUT2D eigenvalue weighted by Crippen LogP contribution is 2.29. The van der Waals surface area contributed by atoms with Crippen molar-refractivity contribution in [2.45, 2.75) is 83.7 Å². The lowest BCUT2D eigenvalue weighted by atomic mass is 10.00. The molecule has 0 aliphatic heterocycles. The van der Waals surface area contributed by atoms with Crippen LogP contribution >= 0.6 is 0 Å². The van der Waals surface area contributed by atoms with Crippen molar-refractivity contribution < 1.29 is 13.5 Å². The first-order valence-corrected chi connectivity index (χ1v) is 11.9. The molecule has 0 aromatic heterocycles. The second kappa shape index (κ2) is 12.1. The van der Waals surface area contributed by atoms with Crippen LogP contribution in [0.2, 0.25) is 0 Å². The number of ether oxygens (including phenoxy) is 1. The van der Waals surface area contributed by atoms with Gasteiger partial charge >= 0.3 is 0 Å². The minimum absolute atomic E-state index is 0.0317. The molecule has 0 heterocycles. The van der Waals surface area contributed by atoms with Gasteiger partial charge in [0.15, 0.2) is 0 Å². The number of fused-ring (bicyclic) bond motifs is 2. The Morgan fingerprint density at radius 1 is 0.710 bits per heavy atom. The minimum atomic E-state index is -2.48. The van der Waals surface area contributed by atoms with Gasteiger partial charge in [-0.2, -0.15) is 0 Å². The first-order valence-electron chi connectivity index (χ1n) is 11.9. The second-order valence-corrected chi connectivity index (χ2v) is 8.72. The molecule has 168 valence electrons. The number of benzene rings is 3. The lowest BCUT2D eigenvalue weighted by Crippen LogP contribution is -2.15. The number of alkyl halides is 2. The van der Waals surface area contributed by atoms with Crippen LogP contribution in [0.4, 0.5) is 8.78 Å². The van der Waals surface area contributed by atoms with Gasteiger partial charge in [-0.15, -0.1) is 0 Å². The van der Waals surface area contributed by atoms with Crippen molar-refractivity contribution in [3.8, 4) is 0 Å². The van der Waals surface area contributed by atoms with Crippen LogP contribution in [0, 0.1) is 0 Å². The van der Waals surface area contributed by atoms with Crippen molar-refractivity contribution in [3.05, 3.63) is 60.2 Å². The minimum Gasteiger partial charge on any atom is -0.377 e. The monoisotopic (exact) mass is 426 g/mol. The molecule has 1 nitrogen and oxygen atoms in total. The van der Waals surface area contributed by atoms with E-state index in [0.29, 0.717) is 26.1 Å². The highest BCUT2D eigenvalue weighted by molar-refractivity contribution is 5.99. The van der Waals surface area contributed by atoms with Crippen LogP contribution in [0.15, 0.2) is 54.6 Å². The van der Waals surface area contributed by atoms with E-state index in [1.54, 1.807) is 0 Å². The van der Waals surface area contributed by atoms with Gasteiger partial charge in [0.25, 0.3) is 0 Å². The van der Waals surface area contributed by atoms with E-state index in [2.05, 4.69) is 61.5 Å². The highest BCUT2D eigenvalue weighted by Gasteiger charge is 2.26. The second-order valence-electron chi connectivity index (χ2n) is 8.72. The van der Waals surface area contributed by atoms with Gasteiger partial charge in [0.1, 0.15) is 0 Å². The largest absolute Gasteiger partial charge is 0.377 e. The number of hydrogen-bond acceptors (Lipinski definition) is 1. The molecule has 0 fully saturated rings. The maximum absolute atomic E-state index is 13.9. The Labute approximate surface area is 185 Å². The Kier molecular flexibility index (Phi) is 9.27. The maximum atomic E-state index is 13.9. The van der Waals surface area contributed by atoms with Gasteiger partial charge in [-0.25, -0.2) is 8.78 Å². The van der Waals surface area contributed by atoms with Gasteiger partial charge in [-0.1, -0.05) is 81.5 Å². The summed E-state index contributed by atoms with van der Waals surface area (Å²) in [5, 5.41) is 4.96. The van der Waals surface area contributed by atoms with Crippen LogP contribution in [0.3, 0.4) is 0 Å². The molecule has 0 spiro atoms. The van der Waals surface area contributed by atoms with Crippen molar-refractivity contribution in [1.82, 2.24) is 0 Å². The van der Waals surface area contributed by atoms with Crippen molar-refractivity contribution in [2.75, 3.05) is 6.61 Å². The third-order valence-electron chi connectivity index (χ3n) is 6.07. The molecule has 3 aromatic carbocycles. The first kappa shape index (κ1) is 23.7. The van der Waals surface area contributed by atoms with Crippen LogP contribution in [-0.4, -0.2) is 12.5 Å². The number of unbranched alkanes of at least 4 members (excludes halogenated alkanes) is 6. The quantitative estimate of drug-likeness (QED) is 0.184. The molecule has 3 rings (SSSR count). The molecule has 0 amide bonds. The molecule has 31 heavy (non-hydrogen) atoms. The van der Waals surface area contributed by atoms with Gasteiger partial charge in [0.05, 0.1) is 6.61 Å². The fourth-order valence-corrected chi connectivity index (χ4v) is 4.22. The summed E-state index contributed by atoms with van der Waals surface area (Å²) in [6, 6.07) is 19.2. The number of hydrogen-bond donors (Lipinski definition) is 0. The van der Waals surface area contributed by atoms with Gasteiger partial charge < -0.3 is 4.74 Å². The zero-order valence-corrected chi connectivity index (χ0v) is 18.8. The van der Waals surface area contributed by atoms with E-state index < -0.39 is 5.92 Å². The molecule has 0 bridgehead atoms. The topological polar surface area (TPSA) is 9.23 Å². The summed E-state index contributed by atoms with van der Waals surface area (Å²) < 4.78 is 33.7. The molecule has 0 N–H and O–H groups in total. The number of halogens is 2. The summed E-state index contributed by atoms with van der Waals surface area (Å²) in [6.45, 7) is 3.37. The molecule has 3 aromatic rings. The van der Waals surface area contributed by atoms with Crippen molar-refractivity contribution in [1.29, 1.82) is 0 Å². The van der Waals surface area contributed by atoms with Gasteiger partial charge in [0.2, 0.25) is 5.92 Å². The van der Waals surface area contributed by atoms with Gasteiger partial charge in [0, 0.05) is 19.4 Å². The third-order valence-corrected chi connectivity index (χ3v) is 6.07. The summed E-state index contributed by atoms with van der Waals surface area (Å²) in [5.74, 6) is -2.48. The molecule has 0 radical (unpaired) electrons. The Hall–Kier alpha value is -2.00. The Balaban J connectivity index is 1.35. The number of rotatable bonds is 14. The maximum Gasteiger partial charge on any atom is 0.248 e. The van der Waals surface area contributed by atoms with Crippen LogP contribution in [0.5, 0.6) is 0 Å². The van der Waals surface area contributed by atoms with E-state index >= 15 is 0 Å². The third kappa shape index (κ3) is 7.57. The fraction of sp³-hybridized carbons (Fsp3) is 0.500. The SMILES string of the molecule is CCCCCCC(F)(F)CCCCCCOCc1cccc2cc3ccccc3cc12. The van der Waals surface area contributed by atoms with Gasteiger partial charge in [-0.3, -0.25) is 0 Å². The summed E-state index contributed by atoms with van der Waals surface area (Å²) in [7, 11) is 0. The van der Waals surface area contributed by atoms with E-state index in [0.717, 1.165) is 38.5 Å². The molecule has 0 unspecified atom stereocenters. The van der Waals surface area contributed by atoms with E-state index in [4.69, 9.17) is 4.74 Å². The average molecular weight is 427 g/mol. The summed E-state index contributed by atoms with van der Waals surface area (Å²) in [4.78, 5) is 0. The van der Waals surface area contributed by atoms with E-state index in [1.807, 2.05) is 0 Å². The standard InChI is InChI=1S/C28H36F2O/c1-2-3-4-9-17-28(29,30)18-10-5-6-11-19-31-22-26-16-12-15-25-20-23-13-7-8-14-24(23)21-27(25)26/h7-8,12-16,20-21H,2-6,9-11,17-19,22H2,1H3. The lowest BCUT2D eigenvalue weighted by molar-refractivity contribution is -0.0207. The van der Waals surface area contributed by atoms with E-state index in [1.165, 1.54) is 27.1 Å². The summed E-state index contributed by atoms with van der Waals surface area (Å²) in [5.41, 5.74) is 1.20. The van der Waals surface area contributed by atoms with Crippen molar-refractivity contribution >= 4 is 21.5 Å². The molecule has 0 atom stereocenters. The lowest BCUT2D eigenvalue weighted by Gasteiger charge is -2.16. The van der Waals surface area contributed by atoms with Crippen molar-refractivity contribution in [3.63, 3.8) is 0 Å². The Bertz CT molecular complexity index is 935. The highest BCUT2D eigenvalue weighted by atomic mass is 19.3. The predicted octanol–water partition coefficient (Wildman–Crippen LogP) is 9.07. The Morgan fingerprint density at radius 3 is 2.10 bits per heavy atom. The van der Waals surface area contributed by atoms with Crippen molar-refractivity contribution in [2.24, 2.45) is 0 Å². The van der Waals surface area contributed by atoms with Crippen LogP contribution in [0.1, 0.15) is 76.7 Å². The average Bonchev–Trinajstić information content (AvgIpc) is 2.77. The fourth-order valence-electron chi connectivity index (χ4n) is 4.22. The van der Waals surface area contributed by atoms with E-state index in [9.17, 15) is 8.78 Å². The van der Waals surface area contributed by atoms with Gasteiger partial charge in [-0.05, 0) is 58.5 Å².